The topological polar surface area (TPSA) is 78.5 Å². The van der Waals surface area contributed by atoms with Gasteiger partial charge in [0.25, 0.3) is 11.8 Å². The molecule has 27 heavy (non-hydrogen) atoms. The average Bonchev–Trinajstić information content (AvgIpc) is 2.68. The van der Waals surface area contributed by atoms with Crippen molar-refractivity contribution in [2.75, 3.05) is 23.7 Å². The summed E-state index contributed by atoms with van der Waals surface area (Å²) in [5, 5.41) is 5.48. The molecule has 140 valence electrons. The first-order valence-corrected chi connectivity index (χ1v) is 9.11. The Bertz CT molecular complexity index is 840. The zero-order valence-corrected chi connectivity index (χ0v) is 15.3. The van der Waals surface area contributed by atoms with Gasteiger partial charge in [-0.2, -0.15) is 0 Å². The molecule has 3 rings (SSSR count). The number of nitrogens with zero attached hydrogens (tertiary/aromatic N) is 1. The van der Waals surface area contributed by atoms with E-state index in [9.17, 15) is 14.4 Å². The highest BCUT2D eigenvalue weighted by molar-refractivity contribution is 6.05. The summed E-state index contributed by atoms with van der Waals surface area (Å²) in [5.74, 6) is -0.427. The molecule has 0 bridgehead atoms. The van der Waals surface area contributed by atoms with Crippen LogP contribution in [0.5, 0.6) is 0 Å². The van der Waals surface area contributed by atoms with Crippen molar-refractivity contribution in [3.63, 3.8) is 0 Å². The lowest BCUT2D eigenvalue weighted by Crippen LogP contribution is -2.35. The molecule has 0 aliphatic carbocycles. The van der Waals surface area contributed by atoms with Gasteiger partial charge >= 0.3 is 0 Å². The van der Waals surface area contributed by atoms with Crippen LogP contribution in [0.2, 0.25) is 0 Å². The number of carbonyl (C=O) groups excluding carboxylic acids is 3. The molecular weight excluding hydrogens is 342 g/mol. The molecule has 3 amide bonds. The molecule has 0 aromatic heterocycles. The number of carbonyl (C=O) groups is 3. The lowest BCUT2D eigenvalue weighted by molar-refractivity contribution is -0.114. The molecule has 1 saturated heterocycles. The molecule has 6 nitrogen and oxygen atoms in total. The Balaban J connectivity index is 1.65. The summed E-state index contributed by atoms with van der Waals surface area (Å²) in [6, 6.07) is 13.6. The van der Waals surface area contributed by atoms with Crippen LogP contribution in [-0.4, -0.2) is 35.7 Å². The Morgan fingerprint density at radius 1 is 0.815 bits per heavy atom. The molecule has 0 saturated carbocycles. The number of piperidine rings is 1. The minimum absolute atomic E-state index is 0.0182. The number of nitrogens with one attached hydrogen (secondary N) is 2. The maximum Gasteiger partial charge on any atom is 0.255 e. The van der Waals surface area contributed by atoms with Crippen LogP contribution < -0.4 is 10.6 Å². The third-order valence-electron chi connectivity index (χ3n) is 4.48. The van der Waals surface area contributed by atoms with Crippen LogP contribution in [0.4, 0.5) is 11.4 Å². The fourth-order valence-corrected chi connectivity index (χ4v) is 3.12. The van der Waals surface area contributed by atoms with Crippen molar-refractivity contribution in [2.45, 2.75) is 26.2 Å². The summed E-state index contributed by atoms with van der Waals surface area (Å²) >= 11 is 0. The molecular formula is C21H23N3O3. The SMILES string of the molecule is CC(=O)Nc1cccc(NC(=O)c2ccc(C(=O)N3CCCCC3)cc2)c1. The molecule has 0 atom stereocenters. The molecule has 1 aliphatic rings. The second-order valence-corrected chi connectivity index (χ2v) is 6.65. The summed E-state index contributed by atoms with van der Waals surface area (Å²) in [6.07, 6.45) is 3.26. The molecule has 1 aliphatic heterocycles. The van der Waals surface area contributed by atoms with Crippen LogP contribution in [0.25, 0.3) is 0 Å². The van der Waals surface area contributed by atoms with E-state index in [1.807, 2.05) is 4.90 Å². The van der Waals surface area contributed by atoms with Gasteiger partial charge in [0.2, 0.25) is 5.91 Å². The van der Waals surface area contributed by atoms with Gasteiger partial charge < -0.3 is 15.5 Å². The molecule has 0 unspecified atom stereocenters. The highest BCUT2D eigenvalue weighted by Gasteiger charge is 2.18. The van der Waals surface area contributed by atoms with Gasteiger partial charge in [-0.25, -0.2) is 0 Å². The van der Waals surface area contributed by atoms with Gasteiger partial charge in [0, 0.05) is 42.5 Å². The van der Waals surface area contributed by atoms with E-state index in [-0.39, 0.29) is 17.7 Å². The van der Waals surface area contributed by atoms with Gasteiger partial charge in [-0.3, -0.25) is 14.4 Å². The average molecular weight is 365 g/mol. The smallest absolute Gasteiger partial charge is 0.255 e. The fraction of sp³-hybridized carbons (Fsp3) is 0.286. The van der Waals surface area contributed by atoms with Crippen molar-refractivity contribution >= 4 is 29.1 Å². The number of hydrogen-bond donors (Lipinski definition) is 2. The van der Waals surface area contributed by atoms with Crippen molar-refractivity contribution < 1.29 is 14.4 Å². The number of likely N-dealkylation sites (tertiary alicyclic amines) is 1. The van der Waals surface area contributed by atoms with Gasteiger partial charge in [0.05, 0.1) is 0 Å². The minimum atomic E-state index is -0.271. The molecule has 2 N–H and O–H groups in total. The predicted molar refractivity (Wildman–Crippen MR) is 105 cm³/mol. The second kappa shape index (κ2) is 8.49. The van der Waals surface area contributed by atoms with Crippen LogP contribution in [0.1, 0.15) is 46.9 Å². The number of anilines is 2. The van der Waals surface area contributed by atoms with Crippen molar-refractivity contribution in [1.82, 2.24) is 4.90 Å². The quantitative estimate of drug-likeness (QED) is 0.870. The van der Waals surface area contributed by atoms with Gasteiger partial charge in [0.1, 0.15) is 0 Å². The lowest BCUT2D eigenvalue weighted by atomic mass is 10.1. The largest absolute Gasteiger partial charge is 0.339 e. The third-order valence-corrected chi connectivity index (χ3v) is 4.48. The summed E-state index contributed by atoms with van der Waals surface area (Å²) in [4.78, 5) is 37.9. The van der Waals surface area contributed by atoms with E-state index < -0.39 is 0 Å². The first-order valence-electron chi connectivity index (χ1n) is 9.11. The summed E-state index contributed by atoms with van der Waals surface area (Å²) < 4.78 is 0. The minimum Gasteiger partial charge on any atom is -0.339 e. The number of hydrogen-bond acceptors (Lipinski definition) is 3. The van der Waals surface area contributed by atoms with Gasteiger partial charge in [-0.05, 0) is 61.7 Å². The molecule has 6 heteroatoms. The number of rotatable bonds is 4. The Morgan fingerprint density at radius 2 is 1.41 bits per heavy atom. The summed E-state index contributed by atoms with van der Waals surface area (Å²) in [5.41, 5.74) is 2.26. The zero-order chi connectivity index (χ0) is 19.2. The van der Waals surface area contributed by atoms with E-state index in [4.69, 9.17) is 0 Å². The van der Waals surface area contributed by atoms with Crippen LogP contribution in [-0.2, 0) is 4.79 Å². The summed E-state index contributed by atoms with van der Waals surface area (Å²) in [6.45, 7) is 3.02. The molecule has 0 spiro atoms. The maximum atomic E-state index is 12.5. The Hall–Kier alpha value is -3.15. The van der Waals surface area contributed by atoms with Crippen molar-refractivity contribution in [2.24, 2.45) is 0 Å². The van der Waals surface area contributed by atoms with E-state index in [2.05, 4.69) is 10.6 Å². The Kier molecular flexibility index (Phi) is 5.86. The Labute approximate surface area is 158 Å². The van der Waals surface area contributed by atoms with Gasteiger partial charge in [-0.15, -0.1) is 0 Å². The normalized spacial score (nSPS) is 13.7. The van der Waals surface area contributed by atoms with Crippen molar-refractivity contribution in [3.8, 4) is 0 Å². The van der Waals surface area contributed by atoms with E-state index in [1.165, 1.54) is 13.3 Å². The van der Waals surface area contributed by atoms with Gasteiger partial charge in [-0.1, -0.05) is 6.07 Å². The van der Waals surface area contributed by atoms with E-state index in [1.54, 1.807) is 48.5 Å². The fourth-order valence-electron chi connectivity index (χ4n) is 3.12. The van der Waals surface area contributed by atoms with E-state index in [0.29, 0.717) is 22.5 Å². The molecule has 2 aromatic rings. The third kappa shape index (κ3) is 4.94. The molecule has 0 radical (unpaired) electrons. The maximum absolute atomic E-state index is 12.5. The second-order valence-electron chi connectivity index (χ2n) is 6.65. The molecule has 2 aromatic carbocycles. The summed E-state index contributed by atoms with van der Waals surface area (Å²) in [7, 11) is 0. The van der Waals surface area contributed by atoms with Crippen LogP contribution in [0, 0.1) is 0 Å². The highest BCUT2D eigenvalue weighted by atomic mass is 16.2. The number of benzene rings is 2. The first kappa shape index (κ1) is 18.6. The standard InChI is InChI=1S/C21H23N3O3/c1-15(25)22-18-6-5-7-19(14-18)23-20(26)16-8-10-17(11-9-16)21(27)24-12-3-2-4-13-24/h5-11,14H,2-4,12-13H2,1H3,(H,22,25)(H,23,26). The number of amides is 3. The Morgan fingerprint density at radius 3 is 2.04 bits per heavy atom. The first-order chi connectivity index (χ1) is 13.0. The van der Waals surface area contributed by atoms with Crippen LogP contribution >= 0.6 is 0 Å². The van der Waals surface area contributed by atoms with E-state index in [0.717, 1.165) is 25.9 Å². The van der Waals surface area contributed by atoms with Crippen LogP contribution in [0.3, 0.4) is 0 Å². The molecule has 1 fully saturated rings. The molecule has 1 heterocycles. The monoisotopic (exact) mass is 365 g/mol. The van der Waals surface area contributed by atoms with Crippen molar-refractivity contribution in [3.05, 3.63) is 59.7 Å². The van der Waals surface area contributed by atoms with Crippen LogP contribution in [0.15, 0.2) is 48.5 Å². The van der Waals surface area contributed by atoms with Crippen molar-refractivity contribution in [1.29, 1.82) is 0 Å². The zero-order valence-electron chi connectivity index (χ0n) is 15.3. The highest BCUT2D eigenvalue weighted by Crippen LogP contribution is 2.17. The van der Waals surface area contributed by atoms with E-state index >= 15 is 0 Å². The lowest BCUT2D eigenvalue weighted by Gasteiger charge is -2.26. The predicted octanol–water partition coefficient (Wildman–Crippen LogP) is 3.52. The van der Waals surface area contributed by atoms with Gasteiger partial charge in [0.15, 0.2) is 0 Å².